The topological polar surface area (TPSA) is 127 Å². The quantitative estimate of drug-likeness (QED) is 0.235. The number of imidazole rings is 1. The molecule has 0 amide bonds. The average molecular weight is 439 g/mol. The van der Waals surface area contributed by atoms with Gasteiger partial charge in [0.1, 0.15) is 11.5 Å². The van der Waals surface area contributed by atoms with Crippen molar-refractivity contribution in [3.63, 3.8) is 0 Å². The Balaban J connectivity index is 1.44. The highest BCUT2D eigenvalue weighted by atomic mass is 32.1. The molecule has 2 N–H and O–H groups in total. The first kappa shape index (κ1) is 20.7. The molecule has 4 aromatic rings. The lowest BCUT2D eigenvalue weighted by molar-refractivity contribution is -0.384. The van der Waals surface area contributed by atoms with Crippen LogP contribution in [-0.4, -0.2) is 24.4 Å². The van der Waals surface area contributed by atoms with Gasteiger partial charge in [0, 0.05) is 30.0 Å². The number of aryl methyl sites for hydroxylation is 2. The zero-order valence-corrected chi connectivity index (χ0v) is 17.5. The van der Waals surface area contributed by atoms with E-state index in [4.69, 9.17) is 0 Å². The Morgan fingerprint density at radius 3 is 2.58 bits per heavy atom. The normalized spacial score (nSPS) is 11.2. The summed E-state index contributed by atoms with van der Waals surface area (Å²) in [6.45, 7) is 0.636. The van der Waals surface area contributed by atoms with E-state index in [0.717, 1.165) is 41.9 Å². The van der Waals surface area contributed by atoms with Gasteiger partial charge in [-0.25, -0.2) is 9.78 Å². The number of non-ortho nitro benzene ring substituents is 1. The number of thiophene rings is 1. The predicted octanol–water partition coefficient (Wildman–Crippen LogP) is 3.39. The Bertz CT molecular complexity index is 1300. The Hall–Kier alpha value is -3.53. The van der Waals surface area contributed by atoms with Crippen LogP contribution in [0.25, 0.3) is 11.2 Å². The van der Waals surface area contributed by atoms with Crippen molar-refractivity contribution in [3.05, 3.63) is 89.0 Å². The molecule has 0 saturated carbocycles. The number of nitrogens with one attached hydrogen (secondary N) is 2. The molecular formula is C21H21N5O4S. The van der Waals surface area contributed by atoms with Crippen LogP contribution in [0.4, 0.5) is 5.69 Å². The molecule has 1 aromatic carbocycles. The Kier molecular flexibility index (Phi) is 6.08. The lowest BCUT2D eigenvalue weighted by Crippen LogP contribution is -2.22. The Morgan fingerprint density at radius 1 is 1.06 bits per heavy atom. The summed E-state index contributed by atoms with van der Waals surface area (Å²) >= 11 is 1.62. The second-order valence-corrected chi connectivity index (χ2v) is 8.31. The van der Waals surface area contributed by atoms with Crippen molar-refractivity contribution in [2.24, 2.45) is 0 Å². The molecule has 0 unspecified atom stereocenters. The minimum absolute atomic E-state index is 0.0954. The van der Waals surface area contributed by atoms with Gasteiger partial charge in [0.15, 0.2) is 5.52 Å². The Labute approximate surface area is 180 Å². The molecule has 0 bridgehead atoms. The number of rotatable bonds is 9. The fraction of sp³-hybridized carbons (Fsp3) is 0.286. The number of hydrogen-bond donors (Lipinski definition) is 2. The molecule has 9 nitrogen and oxygen atoms in total. The summed E-state index contributed by atoms with van der Waals surface area (Å²) in [4.78, 5) is 44.9. The second-order valence-electron chi connectivity index (χ2n) is 7.28. The highest BCUT2D eigenvalue weighted by Crippen LogP contribution is 2.19. The number of H-pyrrole nitrogens is 2. The van der Waals surface area contributed by atoms with Gasteiger partial charge in [-0.2, -0.15) is 0 Å². The van der Waals surface area contributed by atoms with Crippen molar-refractivity contribution >= 4 is 28.2 Å². The fourth-order valence-electron chi connectivity index (χ4n) is 3.59. The molecule has 0 spiro atoms. The highest BCUT2D eigenvalue weighted by molar-refractivity contribution is 7.09. The monoisotopic (exact) mass is 439 g/mol. The van der Waals surface area contributed by atoms with Gasteiger partial charge < -0.3 is 4.57 Å². The number of nitro benzene ring substituents is 1. The van der Waals surface area contributed by atoms with Gasteiger partial charge in [-0.05, 0) is 36.3 Å². The third-order valence-corrected chi connectivity index (χ3v) is 6.00. The van der Waals surface area contributed by atoms with Crippen LogP contribution >= 0.6 is 11.3 Å². The van der Waals surface area contributed by atoms with Crippen LogP contribution < -0.4 is 11.2 Å². The maximum Gasteiger partial charge on any atom is 0.327 e. The summed E-state index contributed by atoms with van der Waals surface area (Å²) in [6, 6.07) is 10.6. The molecule has 0 atom stereocenters. The molecule has 0 aliphatic rings. The van der Waals surface area contributed by atoms with Crippen LogP contribution in [0.2, 0.25) is 0 Å². The van der Waals surface area contributed by atoms with Gasteiger partial charge in [-0.15, -0.1) is 11.3 Å². The first-order valence-corrected chi connectivity index (χ1v) is 10.9. The maximum atomic E-state index is 12.2. The van der Waals surface area contributed by atoms with Crippen molar-refractivity contribution in [2.75, 3.05) is 0 Å². The zero-order chi connectivity index (χ0) is 21.8. The molecule has 31 heavy (non-hydrogen) atoms. The first-order valence-electron chi connectivity index (χ1n) is 9.98. The first-order chi connectivity index (χ1) is 15.0. The summed E-state index contributed by atoms with van der Waals surface area (Å²) in [7, 11) is 0. The number of benzene rings is 1. The van der Waals surface area contributed by atoms with E-state index in [2.05, 4.69) is 15.0 Å². The van der Waals surface area contributed by atoms with Crippen LogP contribution in [0, 0.1) is 10.1 Å². The lowest BCUT2D eigenvalue weighted by atomic mass is 10.1. The SMILES string of the molecule is O=c1[nH]c(=O)c2nc(Cc3cccs3)n(CCCCCc3ccc([N+](=O)[O-])cc3)c2[nH]1. The maximum absolute atomic E-state index is 12.2. The van der Waals surface area contributed by atoms with E-state index < -0.39 is 16.2 Å². The number of nitrogens with zero attached hydrogens (tertiary/aromatic N) is 3. The minimum Gasteiger partial charge on any atom is -0.314 e. The van der Waals surface area contributed by atoms with Crippen molar-refractivity contribution in [2.45, 2.75) is 38.6 Å². The summed E-state index contributed by atoms with van der Waals surface area (Å²) in [5.41, 5.74) is 0.834. The van der Waals surface area contributed by atoms with Crippen molar-refractivity contribution in [1.82, 2.24) is 19.5 Å². The van der Waals surface area contributed by atoms with E-state index in [1.165, 1.54) is 12.1 Å². The number of aromatic amines is 2. The molecule has 3 aromatic heterocycles. The smallest absolute Gasteiger partial charge is 0.314 e. The van der Waals surface area contributed by atoms with Crippen molar-refractivity contribution in [3.8, 4) is 0 Å². The van der Waals surface area contributed by atoms with Crippen LogP contribution in [0.3, 0.4) is 0 Å². The lowest BCUT2D eigenvalue weighted by Gasteiger charge is -2.08. The number of hydrogen-bond acceptors (Lipinski definition) is 6. The zero-order valence-electron chi connectivity index (χ0n) is 16.7. The van der Waals surface area contributed by atoms with E-state index in [9.17, 15) is 19.7 Å². The predicted molar refractivity (Wildman–Crippen MR) is 119 cm³/mol. The van der Waals surface area contributed by atoms with Gasteiger partial charge in [-0.3, -0.25) is 24.9 Å². The number of nitro groups is 1. The van der Waals surface area contributed by atoms with Gasteiger partial charge in [0.2, 0.25) is 0 Å². The summed E-state index contributed by atoms with van der Waals surface area (Å²) < 4.78 is 1.93. The molecule has 0 aliphatic carbocycles. The third kappa shape index (κ3) is 4.80. The van der Waals surface area contributed by atoms with Crippen molar-refractivity contribution < 1.29 is 4.92 Å². The van der Waals surface area contributed by atoms with Gasteiger partial charge >= 0.3 is 5.69 Å². The standard InChI is InChI=1S/C21H21N5O4S/c27-20-18-19(23-21(28)24-20)25(17(22-18)13-16-6-4-12-31-16)11-3-1-2-5-14-7-9-15(10-8-14)26(29)30/h4,6-10,12H,1-3,5,11,13H2,(H2,23,24,27,28). The Morgan fingerprint density at radius 2 is 1.87 bits per heavy atom. The van der Waals surface area contributed by atoms with E-state index >= 15 is 0 Å². The van der Waals surface area contributed by atoms with Gasteiger partial charge in [0.05, 0.1) is 4.92 Å². The molecule has 0 fully saturated rings. The average Bonchev–Trinajstić information content (AvgIpc) is 3.37. The largest absolute Gasteiger partial charge is 0.327 e. The number of fused-ring (bicyclic) bond motifs is 1. The minimum atomic E-state index is -0.542. The molecule has 160 valence electrons. The van der Waals surface area contributed by atoms with E-state index in [1.807, 2.05) is 22.1 Å². The number of aromatic nitrogens is 4. The number of unbranched alkanes of at least 4 members (excludes halogenated alkanes) is 2. The summed E-state index contributed by atoms with van der Waals surface area (Å²) in [5.74, 6) is 0.750. The summed E-state index contributed by atoms with van der Waals surface area (Å²) in [5, 5.41) is 12.7. The highest BCUT2D eigenvalue weighted by Gasteiger charge is 2.15. The molecule has 0 saturated heterocycles. The van der Waals surface area contributed by atoms with E-state index in [0.29, 0.717) is 18.6 Å². The van der Waals surface area contributed by atoms with Crippen LogP contribution in [-0.2, 0) is 19.4 Å². The van der Waals surface area contributed by atoms with Crippen LogP contribution in [0.1, 0.15) is 35.5 Å². The van der Waals surface area contributed by atoms with Crippen molar-refractivity contribution in [1.29, 1.82) is 0 Å². The van der Waals surface area contributed by atoms with Crippen LogP contribution in [0.15, 0.2) is 51.4 Å². The molecule has 3 heterocycles. The van der Waals surface area contributed by atoms with Crippen LogP contribution in [0.5, 0.6) is 0 Å². The van der Waals surface area contributed by atoms with E-state index in [-0.39, 0.29) is 11.2 Å². The van der Waals surface area contributed by atoms with E-state index in [1.54, 1.807) is 23.5 Å². The fourth-order valence-corrected chi connectivity index (χ4v) is 4.29. The molecule has 4 rings (SSSR count). The van der Waals surface area contributed by atoms with Gasteiger partial charge in [-0.1, -0.05) is 24.6 Å². The van der Waals surface area contributed by atoms with Gasteiger partial charge in [0.25, 0.3) is 11.2 Å². The summed E-state index contributed by atoms with van der Waals surface area (Å²) in [6.07, 6.45) is 4.15. The molecular weight excluding hydrogens is 418 g/mol. The molecule has 10 heteroatoms. The molecule has 0 radical (unpaired) electrons. The second kappa shape index (κ2) is 9.09. The molecule has 0 aliphatic heterocycles. The third-order valence-electron chi connectivity index (χ3n) is 5.13.